The molecular formula is C13H22N2O3. The van der Waals surface area contributed by atoms with Crippen LogP contribution in [0.1, 0.15) is 0 Å². The summed E-state index contributed by atoms with van der Waals surface area (Å²) in [4.78, 5) is 2.14. The molecule has 0 heterocycles. The monoisotopic (exact) mass is 254 g/mol. The van der Waals surface area contributed by atoms with Gasteiger partial charge in [0.25, 0.3) is 0 Å². The average molecular weight is 254 g/mol. The highest BCUT2D eigenvalue weighted by Gasteiger charge is 2.05. The van der Waals surface area contributed by atoms with Crippen molar-refractivity contribution < 1.29 is 14.2 Å². The van der Waals surface area contributed by atoms with Crippen molar-refractivity contribution in [1.82, 2.24) is 4.90 Å². The summed E-state index contributed by atoms with van der Waals surface area (Å²) >= 11 is 0. The lowest BCUT2D eigenvalue weighted by Crippen LogP contribution is -2.27. The second-order valence-corrected chi connectivity index (χ2v) is 4.05. The van der Waals surface area contributed by atoms with Gasteiger partial charge in [-0.3, -0.25) is 0 Å². The van der Waals surface area contributed by atoms with Crippen LogP contribution >= 0.6 is 0 Å². The Labute approximate surface area is 108 Å². The van der Waals surface area contributed by atoms with Crippen molar-refractivity contribution in [2.75, 3.05) is 53.3 Å². The van der Waals surface area contributed by atoms with E-state index in [1.807, 2.05) is 7.05 Å². The van der Waals surface area contributed by atoms with E-state index in [1.54, 1.807) is 32.4 Å². The molecule has 0 aliphatic heterocycles. The Balaban J connectivity index is 2.40. The highest BCUT2D eigenvalue weighted by molar-refractivity contribution is 5.51. The first-order valence-corrected chi connectivity index (χ1v) is 5.91. The summed E-state index contributed by atoms with van der Waals surface area (Å²) < 4.78 is 15.9. The topological polar surface area (TPSA) is 57.0 Å². The van der Waals surface area contributed by atoms with Crippen LogP contribution in [0.5, 0.6) is 11.5 Å². The predicted octanol–water partition coefficient (Wildman–Crippen LogP) is 1.23. The second kappa shape index (κ2) is 7.79. The van der Waals surface area contributed by atoms with Gasteiger partial charge >= 0.3 is 0 Å². The zero-order valence-electron chi connectivity index (χ0n) is 11.3. The molecule has 102 valence electrons. The average Bonchev–Trinajstić information content (AvgIpc) is 2.36. The molecule has 1 rings (SSSR count). The third-order valence-corrected chi connectivity index (χ3v) is 2.60. The Bertz CT molecular complexity index is 358. The van der Waals surface area contributed by atoms with Gasteiger partial charge in [-0.15, -0.1) is 0 Å². The van der Waals surface area contributed by atoms with Crippen LogP contribution in [0, 0.1) is 0 Å². The molecule has 0 bridgehead atoms. The van der Waals surface area contributed by atoms with E-state index in [2.05, 4.69) is 4.90 Å². The van der Waals surface area contributed by atoms with Crippen LogP contribution in [0.3, 0.4) is 0 Å². The van der Waals surface area contributed by atoms with Crippen molar-refractivity contribution in [3.05, 3.63) is 18.2 Å². The van der Waals surface area contributed by atoms with E-state index in [-0.39, 0.29) is 0 Å². The van der Waals surface area contributed by atoms with Gasteiger partial charge in [0.05, 0.1) is 13.7 Å². The van der Waals surface area contributed by atoms with Crippen LogP contribution in [0.25, 0.3) is 0 Å². The maximum Gasteiger partial charge on any atom is 0.163 e. The first-order valence-electron chi connectivity index (χ1n) is 5.91. The minimum absolute atomic E-state index is 0.583. The van der Waals surface area contributed by atoms with E-state index >= 15 is 0 Å². The normalized spacial score (nSPS) is 10.7. The molecule has 0 saturated carbocycles. The highest BCUT2D eigenvalue weighted by atomic mass is 16.5. The summed E-state index contributed by atoms with van der Waals surface area (Å²) in [6.07, 6.45) is 0. The van der Waals surface area contributed by atoms with E-state index < -0.39 is 0 Å². The van der Waals surface area contributed by atoms with E-state index in [0.717, 1.165) is 19.7 Å². The Kier molecular flexibility index (Phi) is 6.32. The quantitative estimate of drug-likeness (QED) is 0.707. The first kappa shape index (κ1) is 14.6. The largest absolute Gasteiger partial charge is 0.493 e. The van der Waals surface area contributed by atoms with Gasteiger partial charge in [-0.1, -0.05) is 0 Å². The third kappa shape index (κ3) is 4.81. The Morgan fingerprint density at radius 2 is 1.83 bits per heavy atom. The van der Waals surface area contributed by atoms with Crippen LogP contribution < -0.4 is 15.2 Å². The number of nitrogen functional groups attached to an aromatic ring is 1. The molecule has 0 aromatic heterocycles. The lowest BCUT2D eigenvalue weighted by molar-refractivity contribution is 0.149. The number of ether oxygens (including phenoxy) is 3. The zero-order chi connectivity index (χ0) is 13.4. The van der Waals surface area contributed by atoms with Crippen LogP contribution in [0.2, 0.25) is 0 Å². The zero-order valence-corrected chi connectivity index (χ0v) is 11.3. The van der Waals surface area contributed by atoms with Crippen LogP contribution in [-0.2, 0) is 4.74 Å². The maximum atomic E-state index is 5.72. The fourth-order valence-electron chi connectivity index (χ4n) is 1.48. The van der Waals surface area contributed by atoms with Gasteiger partial charge in [-0.05, 0) is 19.2 Å². The van der Waals surface area contributed by atoms with Crippen LogP contribution in [0.4, 0.5) is 5.69 Å². The minimum Gasteiger partial charge on any atom is -0.493 e. The molecule has 0 amide bonds. The molecule has 0 saturated heterocycles. The fraction of sp³-hybridized carbons (Fsp3) is 0.538. The highest BCUT2D eigenvalue weighted by Crippen LogP contribution is 2.28. The molecule has 0 atom stereocenters. The molecule has 1 aromatic rings. The van der Waals surface area contributed by atoms with Gasteiger partial charge < -0.3 is 24.8 Å². The van der Waals surface area contributed by atoms with Crippen molar-refractivity contribution in [3.8, 4) is 11.5 Å². The summed E-state index contributed by atoms with van der Waals surface area (Å²) in [5.74, 6) is 1.38. The van der Waals surface area contributed by atoms with Gasteiger partial charge in [-0.25, -0.2) is 0 Å². The number of nitrogens with two attached hydrogens (primary N) is 1. The molecule has 2 N–H and O–H groups in total. The van der Waals surface area contributed by atoms with Crippen molar-refractivity contribution in [2.24, 2.45) is 0 Å². The summed E-state index contributed by atoms with van der Waals surface area (Å²) in [5, 5.41) is 0. The summed E-state index contributed by atoms with van der Waals surface area (Å²) in [5.41, 5.74) is 6.38. The van der Waals surface area contributed by atoms with Crippen molar-refractivity contribution >= 4 is 5.69 Å². The number of methoxy groups -OCH3 is 2. The van der Waals surface area contributed by atoms with Crippen molar-refractivity contribution in [2.45, 2.75) is 0 Å². The van der Waals surface area contributed by atoms with Gasteiger partial charge in [0.1, 0.15) is 6.61 Å². The third-order valence-electron chi connectivity index (χ3n) is 2.60. The number of hydrogen-bond acceptors (Lipinski definition) is 5. The minimum atomic E-state index is 0.583. The summed E-state index contributed by atoms with van der Waals surface area (Å²) in [6.45, 7) is 3.01. The molecule has 0 radical (unpaired) electrons. The number of hydrogen-bond donors (Lipinski definition) is 1. The van der Waals surface area contributed by atoms with E-state index in [4.69, 9.17) is 19.9 Å². The Morgan fingerprint density at radius 3 is 2.50 bits per heavy atom. The van der Waals surface area contributed by atoms with E-state index in [0.29, 0.717) is 23.8 Å². The van der Waals surface area contributed by atoms with E-state index in [1.165, 1.54) is 0 Å². The summed E-state index contributed by atoms with van der Waals surface area (Å²) in [7, 11) is 5.34. The Morgan fingerprint density at radius 1 is 1.11 bits per heavy atom. The number of rotatable bonds is 8. The molecule has 0 spiro atoms. The Hall–Kier alpha value is -1.46. The number of likely N-dealkylation sites (N-methyl/N-ethyl adjacent to an activating group) is 1. The van der Waals surface area contributed by atoms with Gasteiger partial charge in [0.15, 0.2) is 11.5 Å². The van der Waals surface area contributed by atoms with Gasteiger partial charge in [0, 0.05) is 32.0 Å². The second-order valence-electron chi connectivity index (χ2n) is 4.05. The lowest BCUT2D eigenvalue weighted by Gasteiger charge is -2.17. The molecule has 1 aromatic carbocycles. The molecular weight excluding hydrogens is 232 g/mol. The van der Waals surface area contributed by atoms with Crippen LogP contribution in [-0.4, -0.2) is 52.5 Å². The maximum absolute atomic E-state index is 5.72. The predicted molar refractivity (Wildman–Crippen MR) is 72.3 cm³/mol. The summed E-state index contributed by atoms with van der Waals surface area (Å²) in [6, 6.07) is 5.36. The molecule has 5 heteroatoms. The fourth-order valence-corrected chi connectivity index (χ4v) is 1.48. The first-order chi connectivity index (χ1) is 8.67. The SMILES string of the molecule is COCCN(C)CCOc1cc(N)ccc1OC. The van der Waals surface area contributed by atoms with E-state index in [9.17, 15) is 0 Å². The molecule has 18 heavy (non-hydrogen) atoms. The van der Waals surface area contributed by atoms with Crippen molar-refractivity contribution in [1.29, 1.82) is 0 Å². The molecule has 0 fully saturated rings. The molecule has 0 aliphatic rings. The number of nitrogens with zero attached hydrogens (tertiary/aromatic N) is 1. The number of benzene rings is 1. The standard InChI is InChI=1S/C13H22N2O3/c1-15(6-8-16-2)7-9-18-13-10-11(14)4-5-12(13)17-3/h4-5,10H,6-9,14H2,1-3H3. The smallest absolute Gasteiger partial charge is 0.163 e. The number of anilines is 1. The lowest BCUT2D eigenvalue weighted by atomic mass is 10.3. The van der Waals surface area contributed by atoms with Crippen molar-refractivity contribution in [3.63, 3.8) is 0 Å². The molecule has 0 aliphatic carbocycles. The molecule has 0 unspecified atom stereocenters. The van der Waals surface area contributed by atoms with Crippen LogP contribution in [0.15, 0.2) is 18.2 Å². The van der Waals surface area contributed by atoms with Gasteiger partial charge in [-0.2, -0.15) is 0 Å². The van der Waals surface area contributed by atoms with Gasteiger partial charge in [0.2, 0.25) is 0 Å². The molecule has 5 nitrogen and oxygen atoms in total.